The Balaban J connectivity index is 1.34. The maximum atomic E-state index is 13.2. The highest BCUT2D eigenvalue weighted by Crippen LogP contribution is 2.35. The van der Waals surface area contributed by atoms with Crippen molar-refractivity contribution < 1.29 is 13.9 Å². The number of ether oxygens (including phenoxy) is 1. The first-order valence-corrected chi connectivity index (χ1v) is 10.3. The van der Waals surface area contributed by atoms with Crippen LogP contribution in [0.2, 0.25) is 0 Å². The molecule has 0 radical (unpaired) electrons. The molecule has 2 N–H and O–H groups in total. The lowest BCUT2D eigenvalue weighted by Gasteiger charge is -2.49. The van der Waals surface area contributed by atoms with Gasteiger partial charge in [-0.15, -0.1) is 0 Å². The average Bonchev–Trinajstić information content (AvgIpc) is 2.71. The summed E-state index contributed by atoms with van der Waals surface area (Å²) in [5, 5.41) is 6.07. The van der Waals surface area contributed by atoms with Crippen molar-refractivity contribution >= 4 is 11.7 Å². The summed E-state index contributed by atoms with van der Waals surface area (Å²) in [6, 6.07) is 15.1. The summed E-state index contributed by atoms with van der Waals surface area (Å²) in [4.78, 5) is 15.0. The Morgan fingerprint density at radius 3 is 2.34 bits per heavy atom. The van der Waals surface area contributed by atoms with Crippen molar-refractivity contribution in [3.8, 4) is 5.75 Å². The molecule has 2 bridgehead atoms. The third-order valence-corrected chi connectivity index (χ3v) is 6.09. The van der Waals surface area contributed by atoms with Crippen LogP contribution >= 0.6 is 0 Å². The number of rotatable bonds is 5. The van der Waals surface area contributed by atoms with E-state index in [2.05, 4.69) is 15.5 Å². The highest BCUT2D eigenvalue weighted by Gasteiger charge is 2.38. The lowest BCUT2D eigenvalue weighted by molar-refractivity contribution is 0.0200. The van der Waals surface area contributed by atoms with Crippen molar-refractivity contribution in [1.29, 1.82) is 0 Å². The first-order chi connectivity index (χ1) is 14.1. The van der Waals surface area contributed by atoms with E-state index < -0.39 is 0 Å². The first kappa shape index (κ1) is 19.7. The zero-order valence-corrected chi connectivity index (χ0v) is 16.7. The summed E-state index contributed by atoms with van der Waals surface area (Å²) < 4.78 is 18.3. The molecule has 2 heterocycles. The molecule has 29 heavy (non-hydrogen) atoms. The van der Waals surface area contributed by atoms with E-state index in [0.29, 0.717) is 12.1 Å². The summed E-state index contributed by atoms with van der Waals surface area (Å²) >= 11 is 0. The number of amides is 2. The highest BCUT2D eigenvalue weighted by atomic mass is 19.1. The Morgan fingerprint density at radius 2 is 1.72 bits per heavy atom. The van der Waals surface area contributed by atoms with Gasteiger partial charge in [0.1, 0.15) is 11.6 Å². The van der Waals surface area contributed by atoms with Gasteiger partial charge in [-0.1, -0.05) is 18.6 Å². The lowest BCUT2D eigenvalue weighted by atomic mass is 9.81. The van der Waals surface area contributed by atoms with Crippen LogP contribution in [0.25, 0.3) is 0 Å². The largest absolute Gasteiger partial charge is 0.497 e. The molecule has 2 aliphatic heterocycles. The van der Waals surface area contributed by atoms with Gasteiger partial charge >= 0.3 is 6.03 Å². The zero-order chi connectivity index (χ0) is 20.2. The van der Waals surface area contributed by atoms with Gasteiger partial charge < -0.3 is 15.4 Å². The number of hydrogen-bond donors (Lipinski definition) is 2. The van der Waals surface area contributed by atoms with Crippen LogP contribution in [0.5, 0.6) is 5.75 Å². The number of hydrogen-bond acceptors (Lipinski definition) is 3. The fourth-order valence-corrected chi connectivity index (χ4v) is 4.68. The van der Waals surface area contributed by atoms with Crippen LogP contribution in [0.3, 0.4) is 0 Å². The van der Waals surface area contributed by atoms with Crippen molar-refractivity contribution in [2.75, 3.05) is 12.4 Å². The van der Waals surface area contributed by atoms with Gasteiger partial charge in [-0.05, 0) is 67.6 Å². The number of piperidine rings is 2. The molecule has 4 rings (SSSR count). The Bertz CT molecular complexity index is 811. The number of carbonyl (C=O) groups is 1. The number of benzene rings is 2. The molecule has 0 unspecified atom stereocenters. The van der Waals surface area contributed by atoms with E-state index in [0.717, 1.165) is 49.2 Å². The van der Waals surface area contributed by atoms with E-state index in [9.17, 15) is 9.18 Å². The molecular formula is C23H28FN3O2. The van der Waals surface area contributed by atoms with Crippen molar-refractivity contribution in [3.05, 3.63) is 59.9 Å². The van der Waals surface area contributed by atoms with Crippen LogP contribution in [-0.4, -0.2) is 36.2 Å². The molecule has 2 aromatic carbocycles. The van der Waals surface area contributed by atoms with Crippen LogP contribution in [0.4, 0.5) is 14.9 Å². The number of urea groups is 1. The van der Waals surface area contributed by atoms with Gasteiger partial charge in [0.2, 0.25) is 0 Å². The molecular weight excluding hydrogens is 369 g/mol. The number of carbonyl (C=O) groups excluding carboxylic acids is 1. The molecule has 6 heteroatoms. The molecule has 0 aliphatic carbocycles. The molecule has 2 amide bonds. The minimum absolute atomic E-state index is 0.162. The monoisotopic (exact) mass is 397 g/mol. The highest BCUT2D eigenvalue weighted by molar-refractivity contribution is 5.89. The summed E-state index contributed by atoms with van der Waals surface area (Å²) in [5.74, 6) is 0.567. The van der Waals surface area contributed by atoms with Crippen molar-refractivity contribution in [2.45, 2.75) is 56.8 Å². The van der Waals surface area contributed by atoms with Crippen LogP contribution in [0, 0.1) is 5.82 Å². The SMILES string of the molecule is COc1ccc(NC(=O)NC2C[C@H]3CCC[C@H](C2)N3Cc2ccc(F)cc2)cc1. The summed E-state index contributed by atoms with van der Waals surface area (Å²) in [6.45, 7) is 0.848. The van der Waals surface area contributed by atoms with E-state index in [-0.39, 0.29) is 17.9 Å². The molecule has 2 aliphatic rings. The Hall–Kier alpha value is -2.60. The van der Waals surface area contributed by atoms with Gasteiger partial charge in [0.05, 0.1) is 7.11 Å². The molecule has 2 atom stereocenters. The zero-order valence-electron chi connectivity index (χ0n) is 16.7. The molecule has 2 fully saturated rings. The quantitative estimate of drug-likeness (QED) is 0.779. The minimum Gasteiger partial charge on any atom is -0.497 e. The van der Waals surface area contributed by atoms with Crippen LogP contribution in [0.1, 0.15) is 37.7 Å². The maximum absolute atomic E-state index is 13.2. The smallest absolute Gasteiger partial charge is 0.319 e. The second-order valence-corrected chi connectivity index (χ2v) is 8.03. The fourth-order valence-electron chi connectivity index (χ4n) is 4.68. The third-order valence-electron chi connectivity index (χ3n) is 6.09. The summed E-state index contributed by atoms with van der Waals surface area (Å²) in [5.41, 5.74) is 1.89. The van der Waals surface area contributed by atoms with Crippen LogP contribution < -0.4 is 15.4 Å². The van der Waals surface area contributed by atoms with Gasteiger partial charge in [0, 0.05) is 30.4 Å². The number of anilines is 1. The standard InChI is InChI=1S/C23H28FN3O2/c1-29-22-11-9-18(10-12-22)25-23(28)26-19-13-20-3-2-4-21(14-19)27(20)15-16-5-7-17(24)8-6-16/h5-12,19-21H,2-4,13-15H2,1H3,(H2,25,26,28)/t20-,21-/m1/s1. The van der Waals surface area contributed by atoms with Gasteiger partial charge in [0.25, 0.3) is 0 Å². The molecule has 2 saturated heterocycles. The van der Waals surface area contributed by atoms with E-state index >= 15 is 0 Å². The predicted octanol–water partition coefficient (Wildman–Crippen LogP) is 4.54. The molecule has 0 spiro atoms. The molecule has 2 aromatic rings. The van der Waals surface area contributed by atoms with Crippen LogP contribution in [0.15, 0.2) is 48.5 Å². The first-order valence-electron chi connectivity index (χ1n) is 10.3. The van der Waals surface area contributed by atoms with Crippen molar-refractivity contribution in [2.24, 2.45) is 0 Å². The number of halogens is 1. The molecule has 0 saturated carbocycles. The van der Waals surface area contributed by atoms with E-state index in [1.54, 1.807) is 7.11 Å². The number of nitrogens with zero attached hydrogens (tertiary/aromatic N) is 1. The Morgan fingerprint density at radius 1 is 1.07 bits per heavy atom. The average molecular weight is 397 g/mol. The lowest BCUT2D eigenvalue weighted by Crippen LogP contribution is -2.56. The molecule has 5 nitrogen and oxygen atoms in total. The summed E-state index contributed by atoms with van der Waals surface area (Å²) in [6.07, 6.45) is 5.44. The summed E-state index contributed by atoms with van der Waals surface area (Å²) in [7, 11) is 1.62. The van der Waals surface area contributed by atoms with Gasteiger partial charge in [-0.25, -0.2) is 9.18 Å². The van der Waals surface area contributed by atoms with E-state index in [1.807, 2.05) is 36.4 Å². The molecule has 0 aromatic heterocycles. The maximum Gasteiger partial charge on any atom is 0.319 e. The van der Waals surface area contributed by atoms with Gasteiger partial charge in [0.15, 0.2) is 0 Å². The predicted molar refractivity (Wildman–Crippen MR) is 112 cm³/mol. The molecule has 154 valence electrons. The van der Waals surface area contributed by atoms with E-state index in [1.165, 1.54) is 18.6 Å². The number of nitrogens with one attached hydrogen (secondary N) is 2. The van der Waals surface area contributed by atoms with E-state index in [4.69, 9.17) is 4.74 Å². The van der Waals surface area contributed by atoms with Crippen molar-refractivity contribution in [1.82, 2.24) is 10.2 Å². The second kappa shape index (κ2) is 8.82. The third kappa shape index (κ3) is 4.88. The Labute approximate surface area is 171 Å². The second-order valence-electron chi connectivity index (χ2n) is 8.03. The minimum atomic E-state index is -0.195. The Kier molecular flexibility index (Phi) is 6.00. The normalized spacial score (nSPS) is 24.0. The van der Waals surface area contributed by atoms with Gasteiger partial charge in [-0.3, -0.25) is 4.90 Å². The number of methoxy groups -OCH3 is 1. The van der Waals surface area contributed by atoms with Crippen LogP contribution in [-0.2, 0) is 6.54 Å². The topological polar surface area (TPSA) is 53.6 Å². The van der Waals surface area contributed by atoms with Gasteiger partial charge in [-0.2, -0.15) is 0 Å². The van der Waals surface area contributed by atoms with Crippen molar-refractivity contribution in [3.63, 3.8) is 0 Å². The number of fused-ring (bicyclic) bond motifs is 2. The fraction of sp³-hybridized carbons (Fsp3) is 0.435.